The van der Waals surface area contributed by atoms with Crippen LogP contribution in [0.3, 0.4) is 0 Å². The van der Waals surface area contributed by atoms with Gasteiger partial charge in [0, 0.05) is 0 Å². The van der Waals surface area contributed by atoms with E-state index in [2.05, 4.69) is 5.32 Å². The van der Waals surface area contributed by atoms with E-state index >= 15 is 0 Å². The summed E-state index contributed by atoms with van der Waals surface area (Å²) >= 11 is 0. The highest BCUT2D eigenvalue weighted by molar-refractivity contribution is 5.84. The van der Waals surface area contributed by atoms with E-state index in [1.165, 1.54) is 5.56 Å². The van der Waals surface area contributed by atoms with Crippen molar-refractivity contribution in [3.8, 4) is 0 Å². The van der Waals surface area contributed by atoms with E-state index < -0.39 is 0 Å². The standard InChI is InChI=1S/C11H11NO/c13-11-8-10(12-11)7-6-9-4-2-1-3-5-9/h1-7,10H,8H2,(H,12,13). The monoisotopic (exact) mass is 173 g/mol. The number of amides is 1. The number of nitrogens with one attached hydrogen (secondary N) is 1. The molecular weight excluding hydrogens is 162 g/mol. The highest BCUT2D eigenvalue weighted by Crippen LogP contribution is 2.08. The van der Waals surface area contributed by atoms with Crippen LogP contribution in [-0.4, -0.2) is 11.9 Å². The molecule has 1 aromatic carbocycles. The number of carbonyl (C=O) groups excluding carboxylic acids is 1. The number of carbonyl (C=O) groups is 1. The first-order valence-electron chi connectivity index (χ1n) is 4.37. The molecule has 1 saturated heterocycles. The molecule has 1 aromatic rings. The molecule has 66 valence electrons. The average Bonchev–Trinajstić information content (AvgIpc) is 2.12. The fourth-order valence-corrected chi connectivity index (χ4v) is 1.29. The third kappa shape index (κ3) is 1.96. The maximum absolute atomic E-state index is 10.6. The summed E-state index contributed by atoms with van der Waals surface area (Å²) < 4.78 is 0. The second kappa shape index (κ2) is 3.44. The predicted molar refractivity (Wildman–Crippen MR) is 52.0 cm³/mol. The van der Waals surface area contributed by atoms with Crippen molar-refractivity contribution in [3.05, 3.63) is 42.0 Å². The van der Waals surface area contributed by atoms with Gasteiger partial charge in [-0.15, -0.1) is 0 Å². The van der Waals surface area contributed by atoms with Crippen LogP contribution < -0.4 is 5.32 Å². The summed E-state index contributed by atoms with van der Waals surface area (Å²) in [7, 11) is 0. The minimum Gasteiger partial charge on any atom is -0.349 e. The fourth-order valence-electron chi connectivity index (χ4n) is 1.29. The molecule has 0 aromatic heterocycles. The van der Waals surface area contributed by atoms with E-state index in [-0.39, 0.29) is 11.9 Å². The molecule has 2 rings (SSSR count). The summed E-state index contributed by atoms with van der Waals surface area (Å²) in [4.78, 5) is 10.6. The van der Waals surface area contributed by atoms with Gasteiger partial charge in [-0.3, -0.25) is 4.79 Å². The van der Waals surface area contributed by atoms with Crippen molar-refractivity contribution in [1.82, 2.24) is 5.32 Å². The third-order valence-electron chi connectivity index (χ3n) is 2.07. The van der Waals surface area contributed by atoms with Crippen LogP contribution in [0.15, 0.2) is 36.4 Å². The lowest BCUT2D eigenvalue weighted by Crippen LogP contribution is -2.46. The van der Waals surface area contributed by atoms with Crippen molar-refractivity contribution in [3.63, 3.8) is 0 Å². The maximum Gasteiger partial charge on any atom is 0.222 e. The van der Waals surface area contributed by atoms with Gasteiger partial charge < -0.3 is 5.32 Å². The first kappa shape index (κ1) is 8.05. The Morgan fingerprint density at radius 2 is 2.00 bits per heavy atom. The molecule has 13 heavy (non-hydrogen) atoms. The Morgan fingerprint density at radius 1 is 1.31 bits per heavy atom. The van der Waals surface area contributed by atoms with Crippen LogP contribution in [0.1, 0.15) is 12.0 Å². The van der Waals surface area contributed by atoms with Gasteiger partial charge in [-0.25, -0.2) is 0 Å². The molecule has 0 bridgehead atoms. The lowest BCUT2D eigenvalue weighted by Gasteiger charge is -2.23. The summed E-state index contributed by atoms with van der Waals surface area (Å²) in [5.41, 5.74) is 1.17. The second-order valence-electron chi connectivity index (χ2n) is 3.15. The molecule has 1 unspecified atom stereocenters. The lowest BCUT2D eigenvalue weighted by molar-refractivity contribution is -0.127. The van der Waals surface area contributed by atoms with Gasteiger partial charge in [0.1, 0.15) is 0 Å². The Hall–Kier alpha value is -1.57. The Labute approximate surface area is 77.3 Å². The molecule has 1 atom stereocenters. The Morgan fingerprint density at radius 3 is 2.62 bits per heavy atom. The quantitative estimate of drug-likeness (QED) is 0.676. The van der Waals surface area contributed by atoms with Crippen LogP contribution in [0.25, 0.3) is 6.08 Å². The fraction of sp³-hybridized carbons (Fsp3) is 0.182. The Kier molecular flexibility index (Phi) is 2.13. The van der Waals surface area contributed by atoms with Crippen LogP contribution in [0, 0.1) is 0 Å². The zero-order chi connectivity index (χ0) is 9.10. The highest BCUT2D eigenvalue weighted by atomic mass is 16.2. The number of hydrogen-bond donors (Lipinski definition) is 1. The molecule has 1 amide bonds. The molecule has 0 radical (unpaired) electrons. The second-order valence-corrected chi connectivity index (χ2v) is 3.15. The maximum atomic E-state index is 10.6. The molecule has 1 heterocycles. The van der Waals surface area contributed by atoms with Gasteiger partial charge in [-0.2, -0.15) is 0 Å². The zero-order valence-electron chi connectivity index (χ0n) is 7.23. The molecule has 0 spiro atoms. The Bertz CT molecular complexity index is 321. The van der Waals surface area contributed by atoms with E-state index in [1.54, 1.807) is 0 Å². The van der Waals surface area contributed by atoms with Crippen molar-refractivity contribution in [2.45, 2.75) is 12.5 Å². The largest absolute Gasteiger partial charge is 0.349 e. The van der Waals surface area contributed by atoms with Gasteiger partial charge in [-0.1, -0.05) is 42.5 Å². The van der Waals surface area contributed by atoms with E-state index in [1.807, 2.05) is 42.5 Å². The molecule has 0 saturated carbocycles. The molecule has 2 heteroatoms. The van der Waals surface area contributed by atoms with Gasteiger partial charge in [-0.05, 0) is 5.56 Å². The Balaban J connectivity index is 1.95. The molecule has 1 N–H and O–H groups in total. The molecule has 1 fully saturated rings. The minimum atomic E-state index is 0.141. The average molecular weight is 173 g/mol. The van der Waals surface area contributed by atoms with E-state index in [4.69, 9.17) is 0 Å². The number of benzene rings is 1. The van der Waals surface area contributed by atoms with Crippen molar-refractivity contribution in [1.29, 1.82) is 0 Å². The SMILES string of the molecule is O=C1CC(C=Cc2ccccc2)N1. The van der Waals surface area contributed by atoms with Gasteiger partial charge in [0.25, 0.3) is 0 Å². The van der Waals surface area contributed by atoms with Crippen molar-refractivity contribution < 1.29 is 4.79 Å². The molecule has 2 nitrogen and oxygen atoms in total. The molecule has 0 aliphatic carbocycles. The van der Waals surface area contributed by atoms with Crippen LogP contribution in [0.4, 0.5) is 0 Å². The van der Waals surface area contributed by atoms with E-state index in [0.29, 0.717) is 6.42 Å². The number of β-lactam (4-membered cyclic amide) rings is 1. The summed E-state index contributed by atoms with van der Waals surface area (Å²) in [5.74, 6) is 0.141. The summed E-state index contributed by atoms with van der Waals surface area (Å²) in [6.07, 6.45) is 4.68. The van der Waals surface area contributed by atoms with Gasteiger partial charge in [0.15, 0.2) is 0 Å². The van der Waals surface area contributed by atoms with Crippen molar-refractivity contribution >= 4 is 12.0 Å². The third-order valence-corrected chi connectivity index (χ3v) is 2.07. The van der Waals surface area contributed by atoms with Crippen LogP contribution in [-0.2, 0) is 4.79 Å². The van der Waals surface area contributed by atoms with E-state index in [9.17, 15) is 4.79 Å². The number of hydrogen-bond acceptors (Lipinski definition) is 1. The van der Waals surface area contributed by atoms with Gasteiger partial charge in [0.2, 0.25) is 5.91 Å². The molecule has 1 aliphatic heterocycles. The van der Waals surface area contributed by atoms with Crippen LogP contribution in [0.5, 0.6) is 0 Å². The summed E-state index contributed by atoms with van der Waals surface area (Å²) in [6, 6.07) is 10.3. The van der Waals surface area contributed by atoms with Gasteiger partial charge >= 0.3 is 0 Å². The van der Waals surface area contributed by atoms with Crippen LogP contribution >= 0.6 is 0 Å². The summed E-state index contributed by atoms with van der Waals surface area (Å²) in [5, 5.41) is 2.79. The topological polar surface area (TPSA) is 29.1 Å². The predicted octanol–water partition coefficient (Wildman–Crippen LogP) is 1.59. The lowest BCUT2D eigenvalue weighted by atomic mass is 10.0. The normalized spacial score (nSPS) is 21.2. The summed E-state index contributed by atoms with van der Waals surface area (Å²) in [6.45, 7) is 0. The van der Waals surface area contributed by atoms with Crippen molar-refractivity contribution in [2.75, 3.05) is 0 Å². The number of rotatable bonds is 2. The minimum absolute atomic E-state index is 0.141. The molecular formula is C11H11NO. The van der Waals surface area contributed by atoms with Crippen molar-refractivity contribution in [2.24, 2.45) is 0 Å². The molecule has 1 aliphatic rings. The first-order valence-corrected chi connectivity index (χ1v) is 4.37. The smallest absolute Gasteiger partial charge is 0.222 e. The first-order chi connectivity index (χ1) is 6.34. The van der Waals surface area contributed by atoms with E-state index in [0.717, 1.165) is 0 Å². The highest BCUT2D eigenvalue weighted by Gasteiger charge is 2.21. The zero-order valence-corrected chi connectivity index (χ0v) is 7.23. The van der Waals surface area contributed by atoms with Crippen LogP contribution in [0.2, 0.25) is 0 Å². The van der Waals surface area contributed by atoms with Gasteiger partial charge in [0.05, 0.1) is 12.5 Å².